The topological polar surface area (TPSA) is 55.9 Å². The van der Waals surface area contributed by atoms with Gasteiger partial charge < -0.3 is 11.1 Å². The van der Waals surface area contributed by atoms with E-state index in [2.05, 4.69) is 15.1 Å². The summed E-state index contributed by atoms with van der Waals surface area (Å²) in [5, 5.41) is 7.50. The van der Waals surface area contributed by atoms with Gasteiger partial charge in [-0.2, -0.15) is 5.10 Å². The quantitative estimate of drug-likeness (QED) is 0.638. The van der Waals surface area contributed by atoms with E-state index in [-0.39, 0.29) is 0 Å². The molecule has 2 heterocycles. The van der Waals surface area contributed by atoms with Crippen LogP contribution in [0.25, 0.3) is 0 Å². The van der Waals surface area contributed by atoms with Crippen LogP contribution in [0.5, 0.6) is 0 Å². The van der Waals surface area contributed by atoms with Crippen LogP contribution in [0, 0.1) is 0 Å². The van der Waals surface area contributed by atoms with E-state index in [0.29, 0.717) is 12.6 Å². The lowest BCUT2D eigenvalue weighted by atomic mass is 10.1. The van der Waals surface area contributed by atoms with Gasteiger partial charge in [0.2, 0.25) is 0 Å². The Labute approximate surface area is 71.7 Å². The summed E-state index contributed by atoms with van der Waals surface area (Å²) in [7, 11) is 0. The maximum Gasteiger partial charge on any atom is 0.0770 e. The smallest absolute Gasteiger partial charge is 0.0770 e. The number of aromatic nitrogens is 2. The largest absolute Gasteiger partial charge is 0.330 e. The zero-order valence-corrected chi connectivity index (χ0v) is 7.03. The molecule has 1 aliphatic heterocycles. The highest BCUT2D eigenvalue weighted by Gasteiger charge is 2.20. The Morgan fingerprint density at radius 2 is 2.50 bits per heavy atom. The number of nitrogens with one attached hydrogen (secondary N) is 1. The minimum absolute atomic E-state index is 0.557. The Balaban J connectivity index is 2.12. The van der Waals surface area contributed by atoms with Crippen molar-refractivity contribution in [2.24, 2.45) is 5.73 Å². The Bertz CT molecular complexity index is 251. The van der Waals surface area contributed by atoms with Gasteiger partial charge in [-0.15, -0.1) is 0 Å². The third kappa shape index (κ3) is 1.23. The molecule has 0 amide bonds. The van der Waals surface area contributed by atoms with Crippen LogP contribution in [-0.2, 0) is 6.42 Å². The fourth-order valence-electron chi connectivity index (χ4n) is 1.46. The van der Waals surface area contributed by atoms with E-state index in [1.165, 1.54) is 5.69 Å². The molecule has 12 heavy (non-hydrogen) atoms. The molecule has 0 radical (unpaired) electrons. The first-order valence-electron chi connectivity index (χ1n) is 4.35. The highest BCUT2D eigenvalue weighted by molar-refractivity contribution is 5.04. The second-order valence-corrected chi connectivity index (χ2v) is 3.12. The first-order chi connectivity index (χ1) is 5.92. The summed E-state index contributed by atoms with van der Waals surface area (Å²) in [6.07, 6.45) is 2.78. The lowest BCUT2D eigenvalue weighted by molar-refractivity contribution is 0.310. The lowest BCUT2D eigenvalue weighted by Gasteiger charge is -2.28. The van der Waals surface area contributed by atoms with Crippen LogP contribution in [0.1, 0.15) is 11.7 Å². The molecule has 1 saturated heterocycles. The number of nitrogens with two attached hydrogens (primary N) is 1. The molecular weight excluding hydrogens is 152 g/mol. The van der Waals surface area contributed by atoms with Gasteiger partial charge in [0.1, 0.15) is 0 Å². The van der Waals surface area contributed by atoms with Crippen molar-refractivity contribution in [1.29, 1.82) is 0 Å². The molecule has 0 aromatic carbocycles. The Kier molecular flexibility index (Phi) is 2.10. The minimum atomic E-state index is 0.557. The summed E-state index contributed by atoms with van der Waals surface area (Å²) in [4.78, 5) is 0. The first kappa shape index (κ1) is 7.76. The van der Waals surface area contributed by atoms with Crippen LogP contribution < -0.4 is 11.1 Å². The molecule has 4 heteroatoms. The molecule has 4 nitrogen and oxygen atoms in total. The number of nitrogens with zero attached hydrogens (tertiary/aromatic N) is 2. The van der Waals surface area contributed by atoms with E-state index in [1.807, 2.05) is 12.3 Å². The first-order valence-corrected chi connectivity index (χ1v) is 4.35. The molecule has 1 fully saturated rings. The monoisotopic (exact) mass is 166 g/mol. The molecule has 1 aliphatic rings. The summed E-state index contributed by atoms with van der Waals surface area (Å²) in [6.45, 7) is 2.78. The average molecular weight is 166 g/mol. The molecule has 2 rings (SSSR count). The fraction of sp³-hybridized carbons (Fsp3) is 0.625. The van der Waals surface area contributed by atoms with E-state index in [9.17, 15) is 0 Å². The molecule has 0 aliphatic carbocycles. The van der Waals surface area contributed by atoms with E-state index in [1.54, 1.807) is 0 Å². The molecule has 0 atom stereocenters. The van der Waals surface area contributed by atoms with Crippen molar-refractivity contribution in [3.63, 3.8) is 0 Å². The highest BCUT2D eigenvalue weighted by atomic mass is 15.3. The zero-order valence-electron chi connectivity index (χ0n) is 7.03. The van der Waals surface area contributed by atoms with Crippen molar-refractivity contribution < 1.29 is 0 Å². The highest BCUT2D eigenvalue weighted by Crippen LogP contribution is 2.13. The summed E-state index contributed by atoms with van der Waals surface area (Å²) < 4.78 is 2.09. The molecule has 66 valence electrons. The third-order valence-electron chi connectivity index (χ3n) is 2.26. The minimum Gasteiger partial charge on any atom is -0.330 e. The van der Waals surface area contributed by atoms with Gasteiger partial charge in [-0.1, -0.05) is 0 Å². The maximum absolute atomic E-state index is 5.49. The van der Waals surface area contributed by atoms with E-state index < -0.39 is 0 Å². The van der Waals surface area contributed by atoms with Gasteiger partial charge in [0.15, 0.2) is 0 Å². The van der Waals surface area contributed by atoms with E-state index in [4.69, 9.17) is 5.73 Å². The number of rotatable bonds is 3. The maximum atomic E-state index is 5.49. The Morgan fingerprint density at radius 1 is 1.67 bits per heavy atom. The molecule has 0 saturated carbocycles. The van der Waals surface area contributed by atoms with Crippen molar-refractivity contribution in [2.75, 3.05) is 19.6 Å². The van der Waals surface area contributed by atoms with Crippen LogP contribution in [0.4, 0.5) is 0 Å². The molecule has 0 unspecified atom stereocenters. The van der Waals surface area contributed by atoms with Crippen LogP contribution in [0.15, 0.2) is 12.3 Å². The Morgan fingerprint density at radius 3 is 3.08 bits per heavy atom. The Hall–Kier alpha value is -0.870. The van der Waals surface area contributed by atoms with Crippen molar-refractivity contribution in [3.8, 4) is 0 Å². The molecular formula is C8H14N4. The van der Waals surface area contributed by atoms with Gasteiger partial charge in [0.05, 0.1) is 6.04 Å². The third-order valence-corrected chi connectivity index (χ3v) is 2.26. The standard InChI is InChI=1S/C8H14N4/c9-3-1-7-2-4-11-12(7)8-5-10-6-8/h2,4,8,10H,1,3,5-6,9H2. The fourth-order valence-corrected chi connectivity index (χ4v) is 1.46. The van der Waals surface area contributed by atoms with Gasteiger partial charge in [0.25, 0.3) is 0 Å². The van der Waals surface area contributed by atoms with Gasteiger partial charge >= 0.3 is 0 Å². The van der Waals surface area contributed by atoms with Crippen molar-refractivity contribution in [1.82, 2.24) is 15.1 Å². The van der Waals surface area contributed by atoms with Crippen LogP contribution in [-0.4, -0.2) is 29.4 Å². The predicted molar refractivity (Wildman–Crippen MR) is 46.9 cm³/mol. The second kappa shape index (κ2) is 3.25. The van der Waals surface area contributed by atoms with Crippen molar-refractivity contribution in [2.45, 2.75) is 12.5 Å². The second-order valence-electron chi connectivity index (χ2n) is 3.12. The molecule has 1 aromatic heterocycles. The van der Waals surface area contributed by atoms with Gasteiger partial charge in [-0.25, -0.2) is 0 Å². The number of hydrogen-bond acceptors (Lipinski definition) is 3. The van der Waals surface area contributed by atoms with Gasteiger partial charge in [0, 0.05) is 31.4 Å². The predicted octanol–water partition coefficient (Wildman–Crippen LogP) is -0.471. The zero-order chi connectivity index (χ0) is 8.39. The molecule has 3 N–H and O–H groups in total. The summed E-state index contributed by atoms with van der Waals surface area (Å²) in [5.74, 6) is 0. The molecule has 0 spiro atoms. The van der Waals surface area contributed by atoms with Crippen LogP contribution in [0.2, 0.25) is 0 Å². The van der Waals surface area contributed by atoms with E-state index >= 15 is 0 Å². The average Bonchev–Trinajstić information content (AvgIpc) is 2.35. The lowest BCUT2D eigenvalue weighted by Crippen LogP contribution is -2.44. The van der Waals surface area contributed by atoms with Crippen molar-refractivity contribution in [3.05, 3.63) is 18.0 Å². The van der Waals surface area contributed by atoms with E-state index in [0.717, 1.165) is 19.5 Å². The summed E-state index contributed by atoms with van der Waals surface area (Å²) in [5.41, 5.74) is 6.75. The SMILES string of the molecule is NCCc1ccnn1C1CNC1. The van der Waals surface area contributed by atoms with Gasteiger partial charge in [-0.05, 0) is 12.6 Å². The molecule has 1 aromatic rings. The van der Waals surface area contributed by atoms with Crippen LogP contribution in [0.3, 0.4) is 0 Å². The summed E-state index contributed by atoms with van der Waals surface area (Å²) >= 11 is 0. The van der Waals surface area contributed by atoms with Crippen LogP contribution >= 0.6 is 0 Å². The van der Waals surface area contributed by atoms with Crippen molar-refractivity contribution >= 4 is 0 Å². The molecule has 0 bridgehead atoms. The van der Waals surface area contributed by atoms with Gasteiger partial charge in [-0.3, -0.25) is 4.68 Å². The number of hydrogen-bond donors (Lipinski definition) is 2. The normalized spacial score (nSPS) is 17.8. The summed E-state index contributed by atoms with van der Waals surface area (Å²) in [6, 6.07) is 2.60.